The van der Waals surface area contributed by atoms with Crippen LogP contribution in [0.1, 0.15) is 0 Å². The summed E-state index contributed by atoms with van der Waals surface area (Å²) in [5, 5.41) is 0. The van der Waals surface area contributed by atoms with Crippen molar-refractivity contribution in [3.63, 3.8) is 0 Å². The maximum atomic E-state index is 5.28. The molecule has 0 atom stereocenters. The normalized spacial score (nSPS) is 31.5. The van der Waals surface area contributed by atoms with Crippen molar-refractivity contribution in [3.8, 4) is 0 Å². The minimum atomic E-state index is -0.885. The molecule has 2 rings (SSSR count). The van der Waals surface area contributed by atoms with Crippen LogP contribution in [-0.4, -0.2) is 31.0 Å². The van der Waals surface area contributed by atoms with Gasteiger partial charge in [0.15, 0.2) is 0 Å². The van der Waals surface area contributed by atoms with Crippen molar-refractivity contribution in [3.05, 3.63) is 0 Å². The summed E-state index contributed by atoms with van der Waals surface area (Å²) in [4.78, 5) is 0. The van der Waals surface area contributed by atoms with E-state index in [1.807, 2.05) is 0 Å². The Morgan fingerprint density at radius 1 is 1.12 bits per heavy atom. The molecule has 0 amide bonds. The van der Waals surface area contributed by atoms with E-state index in [0.717, 1.165) is 26.3 Å². The van der Waals surface area contributed by atoms with Gasteiger partial charge in [-0.2, -0.15) is 9.05 Å². The summed E-state index contributed by atoms with van der Waals surface area (Å²) >= 11 is 0. The molecule has 0 unspecified atom stereocenters. The second kappa shape index (κ2) is 1.92. The molecule has 0 aliphatic carbocycles. The highest BCUT2D eigenvalue weighted by Crippen LogP contribution is 2.49. The minimum absolute atomic E-state index is 0.883. The van der Waals surface area contributed by atoms with E-state index < -0.39 is 8.53 Å². The molecule has 0 aromatic heterocycles. The molecule has 2 aliphatic heterocycles. The van der Waals surface area contributed by atoms with E-state index in [1.54, 1.807) is 0 Å². The zero-order valence-electron chi connectivity index (χ0n) is 4.59. The van der Waals surface area contributed by atoms with Crippen LogP contribution in [0.5, 0.6) is 0 Å². The average Bonchev–Trinajstić information content (AvgIpc) is 2.15. The van der Waals surface area contributed by atoms with Crippen LogP contribution in [0.15, 0.2) is 0 Å². The molecule has 8 heavy (non-hydrogen) atoms. The van der Waals surface area contributed by atoms with Gasteiger partial charge in [0.05, 0.1) is 13.1 Å². The first-order valence-electron chi connectivity index (χ1n) is 2.84. The van der Waals surface area contributed by atoms with Crippen LogP contribution in [0, 0.1) is 0 Å². The van der Waals surface area contributed by atoms with Crippen molar-refractivity contribution in [1.82, 2.24) is 4.67 Å². The summed E-state index contributed by atoms with van der Waals surface area (Å²) in [7, 11) is -0.885. The molecular weight excluding hydrogens is 125 g/mol. The lowest BCUT2D eigenvalue weighted by Gasteiger charge is -1.96. The van der Waals surface area contributed by atoms with E-state index in [1.165, 1.54) is 0 Å². The van der Waals surface area contributed by atoms with E-state index in [0.29, 0.717) is 0 Å². The first-order valence-corrected chi connectivity index (χ1v) is 4.11. The van der Waals surface area contributed by atoms with Crippen LogP contribution < -0.4 is 0 Å². The molecule has 0 saturated carbocycles. The van der Waals surface area contributed by atoms with Crippen molar-refractivity contribution >= 4 is 8.53 Å². The first-order chi connectivity index (χ1) is 3.97. The Hall–Kier alpha value is 0.310. The minimum Gasteiger partial charge on any atom is -0.188 e. The Labute approximate surface area is 49.5 Å². The average molecular weight is 134 g/mol. The Bertz CT molecular complexity index is 80.0. The predicted octanol–water partition coefficient (Wildman–Crippen LogP) is 0.308. The van der Waals surface area contributed by atoms with E-state index in [2.05, 4.69) is 4.67 Å². The molecule has 2 heterocycles. The fourth-order valence-electron chi connectivity index (χ4n) is 1.00. The quantitative estimate of drug-likeness (QED) is 0.445. The Morgan fingerprint density at radius 3 is 2.25 bits per heavy atom. The smallest absolute Gasteiger partial charge is 0.188 e. The van der Waals surface area contributed by atoms with Gasteiger partial charge in [0, 0.05) is 0 Å². The summed E-state index contributed by atoms with van der Waals surface area (Å²) in [6, 6.07) is 0. The molecule has 0 aromatic carbocycles. The molecule has 0 spiro atoms. The van der Waals surface area contributed by atoms with Gasteiger partial charge < -0.3 is 0 Å². The highest BCUT2D eigenvalue weighted by molar-refractivity contribution is 7.45. The van der Waals surface area contributed by atoms with Gasteiger partial charge in [0.25, 0.3) is 0 Å². The van der Waals surface area contributed by atoms with Crippen molar-refractivity contribution in [1.29, 1.82) is 0 Å². The van der Waals surface area contributed by atoms with Gasteiger partial charge in [0.2, 0.25) is 0 Å². The van der Waals surface area contributed by atoms with Crippen LogP contribution in [0.2, 0.25) is 0 Å². The maximum Gasteiger partial charge on any atom is 0.335 e. The Balaban J connectivity index is 2.04. The SMILES string of the molecule is C1CN2CCO[PH+]2O1. The molecule has 2 fully saturated rings. The zero-order valence-corrected chi connectivity index (χ0v) is 5.59. The fourth-order valence-corrected chi connectivity index (χ4v) is 2.53. The molecule has 0 N–H and O–H groups in total. The van der Waals surface area contributed by atoms with Gasteiger partial charge in [-0.1, -0.05) is 0 Å². The molecule has 3 nitrogen and oxygen atoms in total. The summed E-state index contributed by atoms with van der Waals surface area (Å²) in [5.74, 6) is 0. The number of fused-ring (bicyclic) bond motifs is 1. The topological polar surface area (TPSA) is 21.7 Å². The molecular formula is C4H9NO2P+. The number of rotatable bonds is 0. The molecule has 0 bridgehead atoms. The summed E-state index contributed by atoms with van der Waals surface area (Å²) in [6.45, 7) is 3.95. The van der Waals surface area contributed by atoms with Gasteiger partial charge in [0.1, 0.15) is 13.2 Å². The maximum absolute atomic E-state index is 5.28. The van der Waals surface area contributed by atoms with Crippen molar-refractivity contribution in [2.24, 2.45) is 0 Å². The van der Waals surface area contributed by atoms with E-state index in [4.69, 9.17) is 9.05 Å². The number of hydrogen-bond acceptors (Lipinski definition) is 3. The van der Waals surface area contributed by atoms with Crippen LogP contribution in [0.3, 0.4) is 0 Å². The van der Waals surface area contributed by atoms with E-state index in [9.17, 15) is 0 Å². The lowest BCUT2D eigenvalue weighted by Crippen LogP contribution is -2.11. The summed E-state index contributed by atoms with van der Waals surface area (Å²) in [5.41, 5.74) is 0. The molecule has 46 valence electrons. The summed E-state index contributed by atoms with van der Waals surface area (Å²) < 4.78 is 12.9. The van der Waals surface area contributed by atoms with Crippen LogP contribution in [-0.2, 0) is 9.05 Å². The van der Waals surface area contributed by atoms with Crippen molar-refractivity contribution in [2.75, 3.05) is 26.3 Å². The monoisotopic (exact) mass is 134 g/mol. The van der Waals surface area contributed by atoms with Gasteiger partial charge in [-0.05, 0) is 0 Å². The highest BCUT2D eigenvalue weighted by Gasteiger charge is 2.40. The van der Waals surface area contributed by atoms with Crippen LogP contribution in [0.25, 0.3) is 0 Å². The third-order valence-electron chi connectivity index (χ3n) is 1.43. The van der Waals surface area contributed by atoms with Gasteiger partial charge >= 0.3 is 8.53 Å². The first kappa shape index (κ1) is 5.12. The van der Waals surface area contributed by atoms with Crippen LogP contribution >= 0.6 is 8.53 Å². The third kappa shape index (κ3) is 0.669. The molecule has 2 saturated heterocycles. The van der Waals surface area contributed by atoms with Crippen molar-refractivity contribution in [2.45, 2.75) is 0 Å². The number of nitrogens with zero attached hydrogens (tertiary/aromatic N) is 1. The largest absolute Gasteiger partial charge is 0.335 e. The van der Waals surface area contributed by atoms with Gasteiger partial charge in [-0.15, -0.1) is 4.67 Å². The lowest BCUT2D eigenvalue weighted by molar-refractivity contribution is 0.289. The molecule has 2 aliphatic rings. The second-order valence-electron chi connectivity index (χ2n) is 1.95. The predicted molar refractivity (Wildman–Crippen MR) is 31.8 cm³/mol. The fraction of sp³-hybridized carbons (Fsp3) is 1.00. The van der Waals surface area contributed by atoms with Crippen LogP contribution in [0.4, 0.5) is 0 Å². The van der Waals surface area contributed by atoms with E-state index >= 15 is 0 Å². The zero-order chi connectivity index (χ0) is 5.40. The lowest BCUT2D eigenvalue weighted by atomic mass is 10.6. The van der Waals surface area contributed by atoms with Crippen molar-refractivity contribution < 1.29 is 9.05 Å². The number of hydrogen-bond donors (Lipinski definition) is 0. The highest BCUT2D eigenvalue weighted by atomic mass is 31.2. The van der Waals surface area contributed by atoms with Gasteiger partial charge in [-0.25, -0.2) is 0 Å². The second-order valence-corrected chi connectivity index (χ2v) is 3.69. The van der Waals surface area contributed by atoms with E-state index in [-0.39, 0.29) is 0 Å². The summed E-state index contributed by atoms with van der Waals surface area (Å²) in [6.07, 6.45) is 0. The Morgan fingerprint density at radius 2 is 1.75 bits per heavy atom. The van der Waals surface area contributed by atoms with Gasteiger partial charge in [-0.3, -0.25) is 0 Å². The molecule has 0 aromatic rings. The molecule has 4 heteroatoms. The Kier molecular flexibility index (Phi) is 1.23. The third-order valence-corrected chi connectivity index (χ3v) is 3.30. The standard InChI is InChI=1S/C4H8NO2P/c1-3-6-8-5(1)2-4-7-8/h1-4H2/p+1. The molecule has 0 radical (unpaired) electrons.